The van der Waals surface area contributed by atoms with Crippen LogP contribution in [0.1, 0.15) is 0 Å². The van der Waals surface area contributed by atoms with Gasteiger partial charge in [-0.3, -0.25) is 0 Å². The van der Waals surface area contributed by atoms with E-state index in [1.165, 1.54) is 0 Å². The van der Waals surface area contributed by atoms with Crippen LogP contribution in [0.2, 0.25) is 0 Å². The van der Waals surface area contributed by atoms with Gasteiger partial charge in [-0.1, -0.05) is 0 Å². The lowest BCUT2D eigenvalue weighted by Gasteiger charge is -2.13. The van der Waals surface area contributed by atoms with Gasteiger partial charge in [0.05, 0.1) is 0 Å². The molecule has 0 unspecified atom stereocenters. The first-order valence-corrected chi connectivity index (χ1v) is 7.79. The van der Waals surface area contributed by atoms with E-state index < -0.39 is 11.4 Å². The Labute approximate surface area is 133 Å². The molecule has 2 aromatic carbocycles. The third-order valence-electron chi connectivity index (χ3n) is 3.03. The van der Waals surface area contributed by atoms with Crippen LogP contribution in [-0.4, -0.2) is 32.4 Å². The van der Waals surface area contributed by atoms with Crippen molar-refractivity contribution in [3.8, 4) is 11.5 Å². The summed E-state index contributed by atoms with van der Waals surface area (Å²) >= 11 is -1.88. The third-order valence-corrected chi connectivity index (χ3v) is 3.69. The maximum atomic E-state index is 11.9. The minimum atomic E-state index is -1.88. The predicted molar refractivity (Wildman–Crippen MR) is 90.9 cm³/mol. The van der Waals surface area contributed by atoms with Gasteiger partial charge in [-0.25, -0.2) is 0 Å². The molecule has 0 bridgehead atoms. The zero-order valence-electron chi connectivity index (χ0n) is 13.1. The molecule has 0 aliphatic carbocycles. The van der Waals surface area contributed by atoms with Gasteiger partial charge in [0.1, 0.15) is 11.5 Å². The molecule has 22 heavy (non-hydrogen) atoms. The number of benzene rings is 2. The molecule has 0 aliphatic heterocycles. The van der Waals surface area contributed by atoms with Gasteiger partial charge in [-0.2, -0.15) is 4.21 Å². The highest BCUT2D eigenvalue weighted by Gasteiger charge is 2.07. The number of hydrogen-bond donors (Lipinski definition) is 0. The molecule has 0 amide bonds. The first kappa shape index (κ1) is 16.2. The molecule has 2 rings (SSSR count). The summed E-state index contributed by atoms with van der Waals surface area (Å²) in [5.41, 5.74) is 2.08. The summed E-state index contributed by atoms with van der Waals surface area (Å²) in [6.07, 6.45) is 0. The average molecular weight is 320 g/mol. The molecular formula is C16H20N2O3S. The van der Waals surface area contributed by atoms with Crippen molar-refractivity contribution in [1.29, 1.82) is 0 Å². The van der Waals surface area contributed by atoms with Gasteiger partial charge >= 0.3 is 11.4 Å². The fourth-order valence-electron chi connectivity index (χ4n) is 1.77. The Morgan fingerprint density at radius 1 is 0.682 bits per heavy atom. The monoisotopic (exact) mass is 320 g/mol. The second-order valence-corrected chi connectivity index (χ2v) is 5.89. The Morgan fingerprint density at radius 2 is 1.00 bits per heavy atom. The predicted octanol–water partition coefficient (Wildman–Crippen LogP) is 2.86. The molecule has 0 N–H and O–H groups in total. The molecule has 118 valence electrons. The molecule has 0 aromatic heterocycles. The molecule has 2 aromatic rings. The van der Waals surface area contributed by atoms with Crippen LogP contribution >= 0.6 is 0 Å². The van der Waals surface area contributed by atoms with Crippen molar-refractivity contribution < 1.29 is 12.6 Å². The normalized spacial score (nSPS) is 10.4. The SMILES string of the molecule is CN(C)c1ccc(OS(=O)Oc2ccc(N(C)C)cc2)cc1. The molecule has 0 saturated heterocycles. The van der Waals surface area contributed by atoms with E-state index in [0.717, 1.165) is 11.4 Å². The highest BCUT2D eigenvalue weighted by molar-refractivity contribution is 7.75. The van der Waals surface area contributed by atoms with E-state index in [4.69, 9.17) is 8.37 Å². The minimum absolute atomic E-state index is 0.494. The lowest BCUT2D eigenvalue weighted by Crippen LogP contribution is -2.10. The summed E-state index contributed by atoms with van der Waals surface area (Å²) in [5, 5.41) is 0. The highest BCUT2D eigenvalue weighted by Crippen LogP contribution is 2.21. The summed E-state index contributed by atoms with van der Waals surface area (Å²) in [5.74, 6) is 0.989. The van der Waals surface area contributed by atoms with E-state index in [-0.39, 0.29) is 0 Å². The lowest BCUT2D eigenvalue weighted by atomic mass is 10.3. The van der Waals surface area contributed by atoms with Crippen LogP contribution in [0, 0.1) is 0 Å². The Balaban J connectivity index is 1.94. The first-order chi connectivity index (χ1) is 10.5. The largest absolute Gasteiger partial charge is 0.417 e. The molecule has 0 aliphatic rings. The van der Waals surface area contributed by atoms with Crippen LogP contribution in [0.15, 0.2) is 48.5 Å². The van der Waals surface area contributed by atoms with Crippen LogP contribution in [0.5, 0.6) is 11.5 Å². The molecular weight excluding hydrogens is 300 g/mol. The smallest absolute Gasteiger partial charge is 0.378 e. The summed E-state index contributed by atoms with van der Waals surface area (Å²) in [7, 11) is 7.81. The molecule has 5 nitrogen and oxygen atoms in total. The average Bonchev–Trinajstić information content (AvgIpc) is 2.48. The Morgan fingerprint density at radius 3 is 1.27 bits per heavy atom. The number of rotatable bonds is 6. The van der Waals surface area contributed by atoms with Crippen LogP contribution in [0.4, 0.5) is 11.4 Å². The summed E-state index contributed by atoms with van der Waals surface area (Å²) in [6, 6.07) is 14.6. The zero-order valence-corrected chi connectivity index (χ0v) is 14.0. The van der Waals surface area contributed by atoms with Crippen molar-refractivity contribution in [2.45, 2.75) is 0 Å². The Hall–Kier alpha value is -2.21. The zero-order chi connectivity index (χ0) is 16.1. The standard InChI is InChI=1S/C16H20N2O3S/c1-17(2)13-5-9-15(10-6-13)20-22(19)21-16-11-7-14(8-12-16)18(3)4/h5-12H,1-4H3. The van der Waals surface area contributed by atoms with Gasteiger partial charge < -0.3 is 18.2 Å². The van der Waals surface area contributed by atoms with Crippen molar-refractivity contribution in [3.05, 3.63) is 48.5 Å². The van der Waals surface area contributed by atoms with Crippen LogP contribution in [-0.2, 0) is 11.4 Å². The molecule has 0 radical (unpaired) electrons. The third kappa shape index (κ3) is 4.39. The van der Waals surface area contributed by atoms with Crippen LogP contribution < -0.4 is 18.2 Å². The highest BCUT2D eigenvalue weighted by atomic mass is 32.2. The van der Waals surface area contributed by atoms with E-state index in [0.29, 0.717) is 11.5 Å². The number of nitrogens with zero attached hydrogens (tertiary/aromatic N) is 2. The second-order valence-electron chi connectivity index (χ2n) is 5.15. The van der Waals surface area contributed by atoms with E-state index in [1.54, 1.807) is 24.3 Å². The first-order valence-electron chi connectivity index (χ1n) is 6.79. The molecule has 0 atom stereocenters. The van der Waals surface area contributed by atoms with Gasteiger partial charge in [0, 0.05) is 39.6 Å². The van der Waals surface area contributed by atoms with Crippen molar-refractivity contribution in [1.82, 2.24) is 0 Å². The summed E-state index contributed by atoms with van der Waals surface area (Å²) < 4.78 is 22.4. The van der Waals surface area contributed by atoms with Crippen molar-refractivity contribution in [3.63, 3.8) is 0 Å². The van der Waals surface area contributed by atoms with Crippen LogP contribution in [0.3, 0.4) is 0 Å². The number of hydrogen-bond acceptors (Lipinski definition) is 5. The van der Waals surface area contributed by atoms with E-state index >= 15 is 0 Å². The van der Waals surface area contributed by atoms with E-state index in [2.05, 4.69) is 0 Å². The summed E-state index contributed by atoms with van der Waals surface area (Å²) in [6.45, 7) is 0. The Bertz CT molecular complexity index is 569. The second kappa shape index (κ2) is 7.17. The number of anilines is 2. The van der Waals surface area contributed by atoms with Crippen LogP contribution in [0.25, 0.3) is 0 Å². The van der Waals surface area contributed by atoms with Crippen molar-refractivity contribution in [2.75, 3.05) is 38.0 Å². The maximum Gasteiger partial charge on any atom is 0.417 e. The molecule has 0 spiro atoms. The topological polar surface area (TPSA) is 42.0 Å². The lowest BCUT2D eigenvalue weighted by molar-refractivity contribution is 0.462. The van der Waals surface area contributed by atoms with Gasteiger partial charge in [0.2, 0.25) is 0 Å². The van der Waals surface area contributed by atoms with E-state index in [9.17, 15) is 4.21 Å². The van der Waals surface area contributed by atoms with E-state index in [1.807, 2.05) is 62.3 Å². The van der Waals surface area contributed by atoms with Gasteiger partial charge in [0.25, 0.3) is 0 Å². The van der Waals surface area contributed by atoms with Crippen molar-refractivity contribution in [2.24, 2.45) is 0 Å². The van der Waals surface area contributed by atoms with Gasteiger partial charge in [0.15, 0.2) is 0 Å². The van der Waals surface area contributed by atoms with Crippen molar-refractivity contribution >= 4 is 22.7 Å². The molecule has 0 saturated carbocycles. The molecule has 0 fully saturated rings. The fourth-order valence-corrected chi connectivity index (χ4v) is 2.34. The Kier molecular flexibility index (Phi) is 5.27. The minimum Gasteiger partial charge on any atom is -0.378 e. The maximum absolute atomic E-state index is 11.9. The quantitative estimate of drug-likeness (QED) is 0.819. The van der Waals surface area contributed by atoms with Gasteiger partial charge in [-0.15, -0.1) is 0 Å². The fraction of sp³-hybridized carbons (Fsp3) is 0.250. The summed E-state index contributed by atoms with van der Waals surface area (Å²) in [4.78, 5) is 3.95. The molecule has 0 heterocycles. The van der Waals surface area contributed by atoms with Gasteiger partial charge in [-0.05, 0) is 48.5 Å². The molecule has 6 heteroatoms.